The van der Waals surface area contributed by atoms with Crippen LogP contribution in [0.2, 0.25) is 0 Å². The lowest BCUT2D eigenvalue weighted by Gasteiger charge is -2.27. The summed E-state index contributed by atoms with van der Waals surface area (Å²) >= 11 is 0. The lowest BCUT2D eigenvalue weighted by Crippen LogP contribution is -2.42. The van der Waals surface area contributed by atoms with Crippen molar-refractivity contribution in [3.05, 3.63) is 29.8 Å². The van der Waals surface area contributed by atoms with Gasteiger partial charge in [0.2, 0.25) is 5.91 Å². The number of anilines is 1. The van der Waals surface area contributed by atoms with Gasteiger partial charge in [-0.3, -0.25) is 9.69 Å². The first-order valence-electron chi connectivity index (χ1n) is 6.41. The molecule has 4 nitrogen and oxygen atoms in total. The molecule has 112 valence electrons. The third-order valence-electron chi connectivity index (χ3n) is 2.63. The molecule has 1 aromatic carbocycles. The van der Waals surface area contributed by atoms with Gasteiger partial charge in [0, 0.05) is 12.6 Å². The first-order valence-corrected chi connectivity index (χ1v) is 6.41. The molecule has 0 bridgehead atoms. The number of aliphatic hydroxyl groups is 1. The molecule has 0 atom stereocenters. The van der Waals surface area contributed by atoms with E-state index in [9.17, 15) is 18.7 Å². The zero-order valence-corrected chi connectivity index (χ0v) is 11.9. The van der Waals surface area contributed by atoms with E-state index in [0.29, 0.717) is 19.2 Å². The molecule has 0 aromatic heterocycles. The van der Waals surface area contributed by atoms with Crippen LogP contribution in [-0.2, 0) is 4.79 Å². The Hall–Kier alpha value is -1.53. The van der Waals surface area contributed by atoms with Crippen LogP contribution in [0.5, 0.6) is 0 Å². The number of likely N-dealkylation sites (N-methyl/N-ethyl adjacent to an activating group) is 1. The summed E-state index contributed by atoms with van der Waals surface area (Å²) in [5.74, 6) is -1.93. The Bertz CT molecular complexity index is 473. The Labute approximate surface area is 117 Å². The van der Waals surface area contributed by atoms with E-state index < -0.39 is 23.1 Å². The molecular weight excluding hydrogens is 266 g/mol. The number of carbonyl (C=O) groups excluding carboxylic acids is 1. The van der Waals surface area contributed by atoms with E-state index in [1.807, 2.05) is 6.92 Å². The van der Waals surface area contributed by atoms with Crippen molar-refractivity contribution in [3.63, 3.8) is 0 Å². The van der Waals surface area contributed by atoms with Gasteiger partial charge in [-0.2, -0.15) is 0 Å². The fourth-order valence-corrected chi connectivity index (χ4v) is 1.81. The minimum atomic E-state index is -0.919. The zero-order valence-electron chi connectivity index (χ0n) is 11.9. The lowest BCUT2D eigenvalue weighted by atomic mass is 10.1. The SMILES string of the molecule is CCN(CC(=O)Nc1ccc(F)cc1F)CC(C)(C)O. The van der Waals surface area contributed by atoms with Crippen LogP contribution >= 0.6 is 0 Å². The average molecular weight is 286 g/mol. The van der Waals surface area contributed by atoms with Gasteiger partial charge >= 0.3 is 0 Å². The molecule has 0 saturated carbocycles. The van der Waals surface area contributed by atoms with E-state index in [1.165, 1.54) is 6.07 Å². The topological polar surface area (TPSA) is 52.6 Å². The van der Waals surface area contributed by atoms with E-state index >= 15 is 0 Å². The maximum absolute atomic E-state index is 13.4. The van der Waals surface area contributed by atoms with Crippen molar-refractivity contribution in [2.24, 2.45) is 0 Å². The normalized spacial score (nSPS) is 11.8. The number of nitrogens with zero attached hydrogens (tertiary/aromatic N) is 1. The van der Waals surface area contributed by atoms with E-state index in [1.54, 1.807) is 18.7 Å². The third kappa shape index (κ3) is 5.63. The molecule has 0 heterocycles. The van der Waals surface area contributed by atoms with Crippen molar-refractivity contribution in [2.45, 2.75) is 26.4 Å². The van der Waals surface area contributed by atoms with Gasteiger partial charge in [0.25, 0.3) is 0 Å². The summed E-state index contributed by atoms with van der Waals surface area (Å²) in [6, 6.07) is 2.96. The molecule has 6 heteroatoms. The molecule has 0 aliphatic heterocycles. The minimum Gasteiger partial charge on any atom is -0.389 e. The number of amides is 1. The van der Waals surface area contributed by atoms with Crippen LogP contribution in [0.15, 0.2) is 18.2 Å². The van der Waals surface area contributed by atoms with E-state index in [0.717, 1.165) is 6.07 Å². The predicted molar refractivity (Wildman–Crippen MR) is 73.4 cm³/mol. The maximum Gasteiger partial charge on any atom is 0.238 e. The summed E-state index contributed by atoms with van der Waals surface area (Å²) in [5, 5.41) is 12.1. The highest BCUT2D eigenvalue weighted by Gasteiger charge is 2.19. The fourth-order valence-electron chi connectivity index (χ4n) is 1.81. The average Bonchev–Trinajstić information content (AvgIpc) is 2.30. The van der Waals surface area contributed by atoms with Crippen molar-refractivity contribution in [1.82, 2.24) is 4.90 Å². The van der Waals surface area contributed by atoms with Gasteiger partial charge in [-0.05, 0) is 32.5 Å². The molecule has 0 spiro atoms. The smallest absolute Gasteiger partial charge is 0.238 e. The molecule has 1 amide bonds. The maximum atomic E-state index is 13.4. The monoisotopic (exact) mass is 286 g/mol. The second-order valence-corrected chi connectivity index (χ2v) is 5.29. The number of carbonyl (C=O) groups is 1. The molecule has 1 rings (SSSR count). The van der Waals surface area contributed by atoms with Gasteiger partial charge in [-0.25, -0.2) is 8.78 Å². The molecule has 0 unspecified atom stereocenters. The highest BCUT2D eigenvalue weighted by atomic mass is 19.1. The Morgan fingerprint density at radius 2 is 2.05 bits per heavy atom. The standard InChI is InChI=1S/C14H20F2N2O2/c1-4-18(9-14(2,3)20)8-13(19)17-12-6-5-10(15)7-11(12)16/h5-7,20H,4,8-9H2,1-3H3,(H,17,19). The van der Waals surface area contributed by atoms with Gasteiger partial charge < -0.3 is 10.4 Å². The van der Waals surface area contributed by atoms with Gasteiger partial charge in [0.1, 0.15) is 11.6 Å². The summed E-state index contributed by atoms with van der Waals surface area (Å²) in [5.41, 5.74) is -0.979. The van der Waals surface area contributed by atoms with Crippen LogP contribution in [0, 0.1) is 11.6 Å². The molecule has 0 saturated heterocycles. The molecule has 20 heavy (non-hydrogen) atoms. The van der Waals surface area contributed by atoms with Crippen molar-refractivity contribution in [1.29, 1.82) is 0 Å². The van der Waals surface area contributed by atoms with Crippen LogP contribution in [-0.4, -0.2) is 41.1 Å². The first-order chi connectivity index (χ1) is 9.21. The number of nitrogens with one attached hydrogen (secondary N) is 1. The summed E-state index contributed by atoms with van der Waals surface area (Å²) in [4.78, 5) is 13.5. The highest BCUT2D eigenvalue weighted by Crippen LogP contribution is 2.15. The number of hydrogen-bond acceptors (Lipinski definition) is 3. The number of rotatable bonds is 6. The van der Waals surface area contributed by atoms with E-state index in [4.69, 9.17) is 0 Å². The van der Waals surface area contributed by atoms with Gasteiger partial charge in [-0.1, -0.05) is 6.92 Å². The van der Waals surface area contributed by atoms with Crippen LogP contribution in [0.1, 0.15) is 20.8 Å². The van der Waals surface area contributed by atoms with Crippen molar-refractivity contribution >= 4 is 11.6 Å². The molecule has 0 aliphatic rings. The molecule has 0 aliphatic carbocycles. The fraction of sp³-hybridized carbons (Fsp3) is 0.500. The van der Waals surface area contributed by atoms with Crippen molar-refractivity contribution < 1.29 is 18.7 Å². The first kappa shape index (κ1) is 16.5. The third-order valence-corrected chi connectivity index (χ3v) is 2.63. The van der Waals surface area contributed by atoms with Gasteiger partial charge in [0.15, 0.2) is 0 Å². The highest BCUT2D eigenvalue weighted by molar-refractivity contribution is 5.92. The van der Waals surface area contributed by atoms with Crippen molar-refractivity contribution in [2.75, 3.05) is 25.0 Å². The quantitative estimate of drug-likeness (QED) is 0.841. The molecule has 1 aromatic rings. The summed E-state index contributed by atoms with van der Waals surface area (Å²) in [6.45, 7) is 6.07. The largest absolute Gasteiger partial charge is 0.389 e. The van der Waals surface area contributed by atoms with Gasteiger partial charge in [0.05, 0.1) is 17.8 Å². The number of halogens is 2. The summed E-state index contributed by atoms with van der Waals surface area (Å²) in [7, 11) is 0. The lowest BCUT2D eigenvalue weighted by molar-refractivity contribution is -0.117. The number of benzene rings is 1. The van der Waals surface area contributed by atoms with Gasteiger partial charge in [-0.15, -0.1) is 0 Å². The molecule has 0 radical (unpaired) electrons. The molecular formula is C14H20F2N2O2. The second-order valence-electron chi connectivity index (χ2n) is 5.29. The van der Waals surface area contributed by atoms with Crippen LogP contribution in [0.3, 0.4) is 0 Å². The van der Waals surface area contributed by atoms with E-state index in [2.05, 4.69) is 5.32 Å². The predicted octanol–water partition coefficient (Wildman–Crippen LogP) is 2.00. The zero-order chi connectivity index (χ0) is 15.3. The summed E-state index contributed by atoms with van der Waals surface area (Å²) < 4.78 is 26.1. The van der Waals surface area contributed by atoms with Crippen LogP contribution in [0.25, 0.3) is 0 Å². The Balaban J connectivity index is 2.62. The van der Waals surface area contributed by atoms with Crippen LogP contribution in [0.4, 0.5) is 14.5 Å². The van der Waals surface area contributed by atoms with Crippen molar-refractivity contribution in [3.8, 4) is 0 Å². The van der Waals surface area contributed by atoms with E-state index in [-0.39, 0.29) is 12.2 Å². The van der Waals surface area contributed by atoms with Crippen LogP contribution < -0.4 is 5.32 Å². The molecule has 0 fully saturated rings. The Morgan fingerprint density at radius 3 is 2.55 bits per heavy atom. The Morgan fingerprint density at radius 1 is 1.40 bits per heavy atom. The second kappa shape index (κ2) is 6.76. The molecule has 2 N–H and O–H groups in total. The summed E-state index contributed by atoms with van der Waals surface area (Å²) in [6.07, 6.45) is 0. The number of hydrogen-bond donors (Lipinski definition) is 2. The Kier molecular flexibility index (Phi) is 5.59. The minimum absolute atomic E-state index is 0.0251.